The minimum absolute atomic E-state index is 0. The first kappa shape index (κ1) is 16.7. The first-order valence-corrected chi connectivity index (χ1v) is 6.15. The number of pyridine rings is 1. The van der Waals surface area contributed by atoms with E-state index in [0.29, 0.717) is 23.0 Å². The van der Waals surface area contributed by atoms with Crippen molar-refractivity contribution in [2.75, 3.05) is 0 Å². The third-order valence-electron chi connectivity index (χ3n) is 2.52. The van der Waals surface area contributed by atoms with Gasteiger partial charge in [0.25, 0.3) is 5.71 Å². The summed E-state index contributed by atoms with van der Waals surface area (Å²) in [4.78, 5) is 9.42. The van der Waals surface area contributed by atoms with E-state index in [-0.39, 0.29) is 29.7 Å². The predicted octanol–water partition coefficient (Wildman–Crippen LogP) is -1.53. The lowest BCUT2D eigenvalue weighted by molar-refractivity contribution is -0.758. The molecule has 0 atom stereocenters. The Morgan fingerprint density at radius 2 is 2.00 bits per heavy atom. The number of rotatable bonds is 4. The number of nitrogens with one attached hydrogen (secondary N) is 1. The Morgan fingerprint density at radius 1 is 1.30 bits per heavy atom. The third kappa shape index (κ3) is 4.64. The molecule has 2 rings (SSSR count). The predicted molar refractivity (Wildman–Crippen MR) is 72.9 cm³/mol. The molecule has 1 heterocycles. The van der Waals surface area contributed by atoms with E-state index in [1.807, 2.05) is 12.1 Å². The topological polar surface area (TPSA) is 56.3 Å². The maximum Gasteiger partial charge on any atom is 0.251 e. The highest BCUT2D eigenvalue weighted by atomic mass is 127. The molecule has 2 N–H and O–H groups in total. The van der Waals surface area contributed by atoms with Crippen molar-refractivity contribution < 1.29 is 39.1 Å². The van der Waals surface area contributed by atoms with Gasteiger partial charge in [-0.3, -0.25) is 4.84 Å². The van der Waals surface area contributed by atoms with Crippen LogP contribution in [-0.4, -0.2) is 15.8 Å². The van der Waals surface area contributed by atoms with Crippen LogP contribution in [0.15, 0.2) is 42.6 Å². The van der Waals surface area contributed by atoms with Gasteiger partial charge in [-0.15, -0.1) is 0 Å². The molecule has 0 aliphatic rings. The Kier molecular flexibility index (Phi) is 6.74. The molecule has 1 aromatic heterocycles. The summed E-state index contributed by atoms with van der Waals surface area (Å²) in [5, 5.41) is 13.1. The van der Waals surface area contributed by atoms with Gasteiger partial charge in [0.2, 0.25) is 0 Å². The summed E-state index contributed by atoms with van der Waals surface area (Å²) in [6.45, 7) is 2.17. The van der Waals surface area contributed by atoms with E-state index >= 15 is 0 Å². The van der Waals surface area contributed by atoms with Gasteiger partial charge in [-0.1, -0.05) is 23.7 Å². The van der Waals surface area contributed by atoms with Crippen LogP contribution in [0.3, 0.4) is 0 Å². The average Bonchev–Trinajstić information content (AvgIpc) is 2.41. The van der Waals surface area contributed by atoms with Gasteiger partial charge in [0.05, 0.1) is 0 Å². The maximum absolute atomic E-state index is 9.63. The fourth-order valence-corrected chi connectivity index (χ4v) is 1.67. The normalized spacial score (nSPS) is 10.8. The number of benzene rings is 1. The van der Waals surface area contributed by atoms with Crippen molar-refractivity contribution >= 4 is 17.3 Å². The molecule has 0 saturated heterocycles. The number of hydrogen-bond donors (Lipinski definition) is 2. The molecule has 6 heteroatoms. The molecule has 0 radical (unpaired) electrons. The van der Waals surface area contributed by atoms with Crippen molar-refractivity contribution in [3.05, 3.63) is 58.9 Å². The number of nitrogens with zero attached hydrogens (tertiary/aromatic N) is 1. The van der Waals surface area contributed by atoms with Crippen LogP contribution in [0.5, 0.6) is 5.75 Å². The van der Waals surface area contributed by atoms with E-state index in [4.69, 9.17) is 16.4 Å². The molecule has 0 fully saturated rings. The van der Waals surface area contributed by atoms with Crippen molar-refractivity contribution in [1.29, 1.82) is 0 Å². The summed E-state index contributed by atoms with van der Waals surface area (Å²) in [6.07, 6.45) is 1.61. The summed E-state index contributed by atoms with van der Waals surface area (Å²) in [7, 11) is 0. The summed E-state index contributed by atoms with van der Waals surface area (Å²) >= 11 is 5.80. The van der Waals surface area contributed by atoms with Crippen molar-refractivity contribution in [2.24, 2.45) is 0 Å². The summed E-state index contributed by atoms with van der Waals surface area (Å²) in [5.41, 5.74) is 2.11. The van der Waals surface area contributed by atoms with Crippen LogP contribution in [-0.2, 0) is 11.4 Å². The number of halogens is 2. The third-order valence-corrected chi connectivity index (χ3v) is 2.77. The van der Waals surface area contributed by atoms with Gasteiger partial charge < -0.3 is 29.1 Å². The van der Waals surface area contributed by atoms with Crippen LogP contribution in [0, 0.1) is 0 Å². The highest BCUT2D eigenvalue weighted by molar-refractivity contribution is 6.30. The van der Waals surface area contributed by atoms with Gasteiger partial charge in [0, 0.05) is 18.1 Å². The Hall–Kier alpha value is -1.34. The quantitative estimate of drug-likeness (QED) is 0.369. The standard InChI is InChI=1S/C14H13ClN2O2.HI/c1-10(14-13(18)3-2-8-16-14)17-19-9-11-4-6-12(15)7-5-11;/h2-8,18H,9H2,1H3;1H. The second-order valence-electron chi connectivity index (χ2n) is 4.01. The van der Waals surface area contributed by atoms with Crippen LogP contribution in [0.25, 0.3) is 0 Å². The molecule has 0 saturated carbocycles. The molecule has 4 nitrogen and oxygen atoms in total. The van der Waals surface area contributed by atoms with Crippen LogP contribution in [0.2, 0.25) is 5.02 Å². The van der Waals surface area contributed by atoms with E-state index in [1.165, 1.54) is 0 Å². The number of aromatic nitrogens is 1. The van der Waals surface area contributed by atoms with Crippen LogP contribution in [0.4, 0.5) is 0 Å². The van der Waals surface area contributed by atoms with Gasteiger partial charge in [-0.25, -0.2) is 4.98 Å². The average molecular weight is 405 g/mol. The molecule has 1 aromatic carbocycles. The molecule has 0 spiro atoms. The van der Waals surface area contributed by atoms with Gasteiger partial charge in [0.15, 0.2) is 12.3 Å². The zero-order valence-electron chi connectivity index (χ0n) is 10.8. The fourth-order valence-electron chi connectivity index (χ4n) is 1.54. The van der Waals surface area contributed by atoms with E-state index < -0.39 is 0 Å². The minimum Gasteiger partial charge on any atom is -1.00 e. The maximum atomic E-state index is 9.63. The van der Waals surface area contributed by atoms with Crippen molar-refractivity contribution in [1.82, 2.24) is 4.98 Å². The number of hydrogen-bond acceptors (Lipinski definition) is 3. The Bertz CT molecular complexity index is 588. The van der Waals surface area contributed by atoms with Gasteiger partial charge in [-0.05, 0) is 35.0 Å². The van der Waals surface area contributed by atoms with Gasteiger partial charge in [-0.2, -0.15) is 0 Å². The van der Waals surface area contributed by atoms with Crippen LogP contribution in [0.1, 0.15) is 18.2 Å². The zero-order valence-corrected chi connectivity index (χ0v) is 13.7. The Labute approximate surface area is 139 Å². The smallest absolute Gasteiger partial charge is 0.251 e. The molecular weight excluding hydrogens is 391 g/mol. The van der Waals surface area contributed by atoms with E-state index in [0.717, 1.165) is 5.56 Å². The SMILES string of the molecule is CC(=[NH+]OCc1ccc(Cl)cc1)c1ncccc1O.[I-]. The molecule has 0 unspecified atom stereocenters. The fraction of sp³-hybridized carbons (Fsp3) is 0.143. The highest BCUT2D eigenvalue weighted by Crippen LogP contribution is 2.11. The summed E-state index contributed by atoms with van der Waals surface area (Å²) in [5.74, 6) is 0.114. The molecule has 20 heavy (non-hydrogen) atoms. The number of aromatic hydroxyl groups is 1. The Morgan fingerprint density at radius 3 is 2.65 bits per heavy atom. The monoisotopic (exact) mass is 404 g/mol. The van der Waals surface area contributed by atoms with Crippen molar-refractivity contribution in [2.45, 2.75) is 13.5 Å². The Balaban J connectivity index is 0.00000200. The lowest BCUT2D eigenvalue weighted by Crippen LogP contribution is -3.00. The highest BCUT2D eigenvalue weighted by Gasteiger charge is 2.11. The lowest BCUT2D eigenvalue weighted by Gasteiger charge is -1.99. The largest absolute Gasteiger partial charge is 1.00 e. The molecule has 2 aromatic rings. The van der Waals surface area contributed by atoms with Gasteiger partial charge >= 0.3 is 0 Å². The first-order valence-electron chi connectivity index (χ1n) is 5.77. The second kappa shape index (κ2) is 8.06. The minimum atomic E-state index is 0. The van der Waals surface area contributed by atoms with Crippen LogP contribution < -0.4 is 29.1 Å². The molecule has 0 bridgehead atoms. The van der Waals surface area contributed by atoms with Crippen molar-refractivity contribution in [3.63, 3.8) is 0 Å². The first-order chi connectivity index (χ1) is 9.16. The molecule has 0 aliphatic carbocycles. The van der Waals surface area contributed by atoms with Crippen molar-refractivity contribution in [3.8, 4) is 5.75 Å². The summed E-state index contributed by atoms with van der Waals surface area (Å²) in [6, 6.07) is 10.6. The lowest BCUT2D eigenvalue weighted by atomic mass is 10.2. The molecule has 0 aliphatic heterocycles. The second-order valence-corrected chi connectivity index (χ2v) is 4.45. The van der Waals surface area contributed by atoms with Gasteiger partial charge in [0.1, 0.15) is 5.75 Å². The summed E-state index contributed by atoms with van der Waals surface area (Å²) < 4.78 is 0. The zero-order chi connectivity index (χ0) is 13.7. The van der Waals surface area contributed by atoms with E-state index in [9.17, 15) is 5.11 Å². The van der Waals surface area contributed by atoms with E-state index in [1.54, 1.807) is 37.4 Å². The van der Waals surface area contributed by atoms with E-state index in [2.05, 4.69) is 10.1 Å². The molecular formula is C14H14ClIN2O2. The van der Waals surface area contributed by atoms with Crippen LogP contribution >= 0.6 is 11.6 Å². The molecule has 106 valence electrons. The molecule has 0 amide bonds.